The van der Waals surface area contributed by atoms with Gasteiger partial charge in [-0.15, -0.1) is 0 Å². The fourth-order valence-electron chi connectivity index (χ4n) is 0.661. The molecule has 0 saturated carbocycles. The lowest BCUT2D eigenvalue weighted by Gasteiger charge is -1.96. The van der Waals surface area contributed by atoms with Crippen molar-refractivity contribution in [1.29, 1.82) is 0 Å². The quantitative estimate of drug-likeness (QED) is 0.515. The minimum atomic E-state index is -1.04. The van der Waals surface area contributed by atoms with Crippen molar-refractivity contribution in [3.63, 3.8) is 0 Å². The molecule has 0 aliphatic rings. The second-order valence-corrected chi connectivity index (χ2v) is 1.96. The molecule has 0 heterocycles. The van der Waals surface area contributed by atoms with Gasteiger partial charge in [0, 0.05) is 12.1 Å². The first-order chi connectivity index (χ1) is 5.65. The minimum Gasteiger partial charge on any atom is -0.505 e. The number of nitrogens with zero attached hydrogens (tertiary/aromatic N) is 1. The van der Waals surface area contributed by atoms with Gasteiger partial charge >= 0.3 is 0 Å². The average molecular weight is 171 g/mol. The lowest BCUT2D eigenvalue weighted by Crippen LogP contribution is -1.80. The number of benzene rings is 1. The van der Waals surface area contributed by atoms with Gasteiger partial charge in [-0.2, -0.15) is 4.99 Å². The first kappa shape index (κ1) is 8.36. The Morgan fingerprint density at radius 1 is 1.33 bits per heavy atom. The molecule has 5 heteroatoms. The van der Waals surface area contributed by atoms with E-state index in [0.717, 1.165) is 6.08 Å². The molecule has 1 rings (SSSR count). The van der Waals surface area contributed by atoms with Crippen LogP contribution in [0, 0.1) is 11.6 Å². The number of rotatable bonds is 1. The van der Waals surface area contributed by atoms with Gasteiger partial charge in [-0.05, 0) is 0 Å². The predicted octanol–water partition coefficient (Wildman–Crippen LogP) is 1.64. The van der Waals surface area contributed by atoms with Crippen molar-refractivity contribution in [2.75, 3.05) is 0 Å². The standard InChI is InChI=1S/C7H3F2NO2/c8-4-2-7(12)5(9)1-6(4)10-3-11/h1-2,12H. The molecule has 1 aromatic carbocycles. The average Bonchev–Trinajstić information content (AvgIpc) is 2.01. The Balaban J connectivity index is 3.32. The lowest BCUT2D eigenvalue weighted by atomic mass is 10.3. The zero-order valence-electron chi connectivity index (χ0n) is 5.71. The summed E-state index contributed by atoms with van der Waals surface area (Å²) >= 11 is 0. The Morgan fingerprint density at radius 3 is 2.58 bits per heavy atom. The molecular formula is C7H3F2NO2. The number of hydrogen-bond acceptors (Lipinski definition) is 3. The summed E-state index contributed by atoms with van der Waals surface area (Å²) in [5.74, 6) is -2.83. The highest BCUT2D eigenvalue weighted by Gasteiger charge is 2.07. The predicted molar refractivity (Wildman–Crippen MR) is 35.8 cm³/mol. The molecule has 0 radical (unpaired) electrons. The lowest BCUT2D eigenvalue weighted by molar-refractivity contribution is 0.427. The van der Waals surface area contributed by atoms with Crippen LogP contribution in [0.25, 0.3) is 0 Å². The molecule has 0 atom stereocenters. The smallest absolute Gasteiger partial charge is 0.240 e. The maximum atomic E-state index is 12.6. The van der Waals surface area contributed by atoms with Gasteiger partial charge < -0.3 is 5.11 Å². The van der Waals surface area contributed by atoms with Gasteiger partial charge in [-0.3, -0.25) is 0 Å². The Morgan fingerprint density at radius 2 is 2.00 bits per heavy atom. The van der Waals surface area contributed by atoms with E-state index in [1.165, 1.54) is 0 Å². The van der Waals surface area contributed by atoms with Crippen molar-refractivity contribution in [3.05, 3.63) is 23.8 Å². The second-order valence-electron chi connectivity index (χ2n) is 1.96. The van der Waals surface area contributed by atoms with Crippen LogP contribution in [-0.4, -0.2) is 11.2 Å². The minimum absolute atomic E-state index is 0.486. The van der Waals surface area contributed by atoms with E-state index in [9.17, 15) is 13.6 Å². The van der Waals surface area contributed by atoms with Gasteiger partial charge in [0.15, 0.2) is 17.4 Å². The molecule has 0 aromatic heterocycles. The zero-order valence-corrected chi connectivity index (χ0v) is 5.71. The number of isocyanates is 1. The maximum absolute atomic E-state index is 12.6. The summed E-state index contributed by atoms with van der Waals surface area (Å²) in [6.45, 7) is 0. The van der Waals surface area contributed by atoms with Crippen molar-refractivity contribution < 1.29 is 18.7 Å². The fourth-order valence-corrected chi connectivity index (χ4v) is 0.661. The van der Waals surface area contributed by atoms with Crippen molar-refractivity contribution >= 4 is 11.8 Å². The highest BCUT2D eigenvalue weighted by Crippen LogP contribution is 2.25. The first-order valence-electron chi connectivity index (χ1n) is 2.91. The summed E-state index contributed by atoms with van der Waals surface area (Å²) in [5, 5.41) is 8.64. The van der Waals surface area contributed by atoms with Gasteiger partial charge in [-0.25, -0.2) is 13.6 Å². The summed E-state index contributed by atoms with van der Waals surface area (Å²) in [5.41, 5.74) is -0.486. The molecule has 0 spiro atoms. The first-order valence-corrected chi connectivity index (χ1v) is 2.91. The van der Waals surface area contributed by atoms with E-state index in [4.69, 9.17) is 5.11 Å². The summed E-state index contributed by atoms with van der Waals surface area (Å²) in [4.78, 5) is 12.6. The van der Waals surface area contributed by atoms with Gasteiger partial charge in [-0.1, -0.05) is 0 Å². The van der Waals surface area contributed by atoms with Gasteiger partial charge in [0.2, 0.25) is 6.08 Å². The van der Waals surface area contributed by atoms with Crippen LogP contribution < -0.4 is 0 Å². The third kappa shape index (κ3) is 1.46. The van der Waals surface area contributed by atoms with E-state index in [1.807, 2.05) is 0 Å². The normalized spacial score (nSPS) is 9.17. The van der Waals surface area contributed by atoms with E-state index in [2.05, 4.69) is 4.99 Å². The maximum Gasteiger partial charge on any atom is 0.240 e. The second kappa shape index (κ2) is 3.11. The number of aliphatic imine (C=N–C) groups is 1. The SMILES string of the molecule is O=C=Nc1cc(F)c(O)cc1F. The van der Waals surface area contributed by atoms with Crippen molar-refractivity contribution in [2.45, 2.75) is 0 Å². The number of hydrogen-bond donors (Lipinski definition) is 1. The number of carbonyl (C=O) groups excluding carboxylic acids is 1. The molecule has 0 unspecified atom stereocenters. The molecule has 12 heavy (non-hydrogen) atoms. The molecule has 0 amide bonds. The van der Waals surface area contributed by atoms with Crippen LogP contribution in [-0.2, 0) is 4.79 Å². The highest BCUT2D eigenvalue weighted by atomic mass is 19.1. The van der Waals surface area contributed by atoms with Gasteiger partial charge in [0.25, 0.3) is 0 Å². The van der Waals surface area contributed by atoms with Crippen molar-refractivity contribution in [1.82, 2.24) is 0 Å². The van der Waals surface area contributed by atoms with E-state index >= 15 is 0 Å². The van der Waals surface area contributed by atoms with E-state index in [1.54, 1.807) is 0 Å². The molecule has 1 aromatic rings. The molecule has 0 aliphatic heterocycles. The van der Waals surface area contributed by atoms with E-state index in [-0.39, 0.29) is 0 Å². The molecule has 1 N–H and O–H groups in total. The highest BCUT2D eigenvalue weighted by molar-refractivity contribution is 5.51. The van der Waals surface area contributed by atoms with Crippen LogP contribution in [0.1, 0.15) is 0 Å². The number of halogens is 2. The zero-order chi connectivity index (χ0) is 9.14. The topological polar surface area (TPSA) is 49.7 Å². The Kier molecular flexibility index (Phi) is 2.16. The van der Waals surface area contributed by atoms with Crippen molar-refractivity contribution in [3.8, 4) is 5.75 Å². The van der Waals surface area contributed by atoms with Crippen LogP contribution >= 0.6 is 0 Å². The third-order valence-corrected chi connectivity index (χ3v) is 1.18. The number of aromatic hydroxyl groups is 1. The summed E-state index contributed by atoms with van der Waals surface area (Å²) < 4.78 is 25.1. The Labute approximate surface area is 66.0 Å². The van der Waals surface area contributed by atoms with Crippen LogP contribution in [0.4, 0.5) is 14.5 Å². The van der Waals surface area contributed by atoms with Crippen LogP contribution in [0.15, 0.2) is 17.1 Å². The summed E-state index contributed by atoms with van der Waals surface area (Å²) in [6, 6.07) is 1.14. The summed E-state index contributed by atoms with van der Waals surface area (Å²) in [7, 11) is 0. The van der Waals surface area contributed by atoms with Gasteiger partial charge in [0.05, 0.1) is 0 Å². The Bertz CT molecular complexity index is 359. The summed E-state index contributed by atoms with van der Waals surface area (Å²) in [6.07, 6.45) is 1.06. The van der Waals surface area contributed by atoms with Gasteiger partial charge in [0.1, 0.15) is 5.69 Å². The molecule has 0 aliphatic carbocycles. The van der Waals surface area contributed by atoms with Crippen LogP contribution in [0.3, 0.4) is 0 Å². The van der Waals surface area contributed by atoms with Crippen LogP contribution in [0.2, 0.25) is 0 Å². The molecular weight excluding hydrogens is 168 g/mol. The number of phenolic OH excluding ortho intramolecular Hbond substituents is 1. The molecule has 3 nitrogen and oxygen atoms in total. The molecule has 62 valence electrons. The van der Waals surface area contributed by atoms with Crippen LogP contribution in [0.5, 0.6) is 5.75 Å². The van der Waals surface area contributed by atoms with E-state index in [0.29, 0.717) is 12.1 Å². The van der Waals surface area contributed by atoms with E-state index < -0.39 is 23.1 Å². The fraction of sp³-hybridized carbons (Fsp3) is 0. The monoisotopic (exact) mass is 171 g/mol. The molecule has 0 bridgehead atoms. The molecule has 0 fully saturated rings. The molecule has 0 saturated heterocycles. The number of phenols is 1. The Hall–Kier alpha value is -1.74. The largest absolute Gasteiger partial charge is 0.505 e. The van der Waals surface area contributed by atoms with Crippen molar-refractivity contribution in [2.24, 2.45) is 4.99 Å². The third-order valence-electron chi connectivity index (χ3n) is 1.18.